The van der Waals surface area contributed by atoms with E-state index in [1.165, 1.54) is 305 Å². The molecule has 61 heavy (non-hydrogen) atoms. The van der Waals surface area contributed by atoms with Crippen LogP contribution in [0, 0.1) is 0 Å². The lowest BCUT2D eigenvalue weighted by atomic mass is 10.1. The van der Waals surface area contributed by atoms with Gasteiger partial charge in [0.2, 0.25) is 0 Å². The lowest BCUT2D eigenvalue weighted by molar-refractivity contribution is -0.910. The van der Waals surface area contributed by atoms with Gasteiger partial charge in [-0.05, 0) is 77.0 Å². The molecule has 0 saturated carbocycles. The zero-order chi connectivity index (χ0) is 46.0. The summed E-state index contributed by atoms with van der Waals surface area (Å²) in [4.78, 5) is 0. The van der Waals surface area contributed by atoms with Gasteiger partial charge < -0.3 is 18.1 Å². The summed E-state index contributed by atoms with van der Waals surface area (Å²) in [7, 11) is -0.0291. The van der Waals surface area contributed by atoms with Crippen molar-refractivity contribution in [1.29, 1.82) is 0 Å². The van der Waals surface area contributed by atoms with Crippen molar-refractivity contribution < 1.29 is 26.5 Å². The molecule has 0 amide bonds. The fourth-order valence-corrected chi connectivity index (χ4v) is 9.02. The maximum atomic E-state index is 8.52. The third-order valence-electron chi connectivity index (χ3n) is 13.3. The van der Waals surface area contributed by atoms with Gasteiger partial charge in [-0.25, -0.2) is 0 Å². The first-order chi connectivity index (χ1) is 29.4. The quantitative estimate of drug-likeness (QED) is 0.0264. The molecule has 0 spiro atoms. The predicted octanol–water partition coefficient (Wildman–Crippen LogP) is 17.3. The minimum Gasteiger partial charge on any atom is -0.759 e. The Bertz CT molecular complexity index is 817. The van der Waals surface area contributed by atoms with Gasteiger partial charge >= 0.3 is 0 Å². The highest BCUT2D eigenvalue weighted by molar-refractivity contribution is 7.79. The van der Waals surface area contributed by atoms with Crippen LogP contribution < -0.4 is 0 Å². The Morgan fingerprint density at radius 2 is 0.344 bits per heavy atom. The van der Waals surface area contributed by atoms with Crippen molar-refractivity contribution in [2.45, 2.75) is 298 Å². The van der Waals surface area contributed by atoms with E-state index in [2.05, 4.69) is 55.6 Å². The molecule has 0 aliphatic carbocycles. The predicted molar refractivity (Wildman–Crippen MR) is 271 cm³/mol. The van der Waals surface area contributed by atoms with Crippen molar-refractivity contribution >= 4 is 10.4 Å². The smallest absolute Gasteiger partial charge is 0.0784 e. The molecule has 0 fully saturated rings. The molecule has 7 heteroatoms. The first-order valence-electron chi connectivity index (χ1n) is 27.7. The Hall–Kier alpha value is -0.210. The number of hydrogen-bond acceptors (Lipinski definition) is 4. The van der Waals surface area contributed by atoms with E-state index in [4.69, 9.17) is 17.5 Å². The summed E-state index contributed by atoms with van der Waals surface area (Å²) < 4.78 is 36.8. The average Bonchev–Trinajstić information content (AvgIpc) is 3.22. The molecular weight excluding hydrogens is 773 g/mol. The Kier molecular flexibility index (Phi) is 54.2. The Labute approximate surface area is 387 Å². The van der Waals surface area contributed by atoms with E-state index in [-0.39, 0.29) is 0 Å². The van der Waals surface area contributed by atoms with Gasteiger partial charge in [-0.1, -0.05) is 221 Å². The van der Waals surface area contributed by atoms with Crippen LogP contribution in [0.2, 0.25) is 0 Å². The van der Waals surface area contributed by atoms with Crippen LogP contribution in [0.3, 0.4) is 0 Å². The van der Waals surface area contributed by atoms with Gasteiger partial charge in [0.05, 0.1) is 53.4 Å². The normalized spacial score (nSPS) is 12.0. The number of quaternary nitrogens is 2. The molecule has 0 aromatic carbocycles. The number of nitrogens with zero attached hydrogens (tertiary/aromatic N) is 2. The van der Waals surface area contributed by atoms with Crippen LogP contribution in [0.15, 0.2) is 0 Å². The van der Waals surface area contributed by atoms with Crippen molar-refractivity contribution in [2.24, 2.45) is 0 Å². The molecule has 0 radical (unpaired) electrons. The lowest BCUT2D eigenvalue weighted by Crippen LogP contribution is -2.46. The van der Waals surface area contributed by atoms with Crippen molar-refractivity contribution in [1.82, 2.24) is 0 Å². The summed E-state index contributed by atoms with van der Waals surface area (Å²) in [6, 6.07) is 0. The van der Waals surface area contributed by atoms with Crippen LogP contribution in [0.4, 0.5) is 0 Å². The van der Waals surface area contributed by atoms with Crippen LogP contribution in [0.25, 0.3) is 0 Å². The van der Waals surface area contributed by atoms with Crippen molar-refractivity contribution in [3.8, 4) is 0 Å². The van der Waals surface area contributed by atoms with Crippen LogP contribution in [0.1, 0.15) is 298 Å². The molecule has 0 rings (SSSR count). The number of unbranched alkanes of at least 4 members (excludes halogenated alkanes) is 34. The van der Waals surface area contributed by atoms with Crippen molar-refractivity contribution in [3.05, 3.63) is 0 Å². The molecule has 0 N–H and O–H groups in total. The SMILES string of the molecule is CCCCCCCCCC[N+](C)(CCCCCCCC)CCCCCCCC.CCCCCCCCCC[N+](C)(CCCCCCCC)CCCCCCCC.O=S(=O)([O-])[O-]. The number of hydrogen-bond donors (Lipinski definition) is 0. The van der Waals surface area contributed by atoms with Crippen LogP contribution in [-0.4, -0.2) is 79.9 Å². The molecule has 372 valence electrons. The van der Waals surface area contributed by atoms with Crippen molar-refractivity contribution in [3.63, 3.8) is 0 Å². The van der Waals surface area contributed by atoms with E-state index in [9.17, 15) is 0 Å². The molecule has 0 bridgehead atoms. The molecular formula is C54H116N2O4S. The molecule has 0 aliphatic heterocycles. The molecule has 0 aromatic heterocycles. The highest BCUT2D eigenvalue weighted by atomic mass is 32.3. The van der Waals surface area contributed by atoms with E-state index < -0.39 is 10.4 Å². The molecule has 0 aliphatic rings. The van der Waals surface area contributed by atoms with Crippen molar-refractivity contribution in [2.75, 3.05) is 53.4 Å². The Balaban J connectivity index is -0.000000991. The van der Waals surface area contributed by atoms with Crippen LogP contribution >= 0.6 is 0 Å². The monoisotopic (exact) mass is 889 g/mol. The standard InChI is InChI=1S/2C27H58N.H2O4S/c2*1-5-8-11-14-17-18-21-24-27-28(4,25-22-19-15-12-9-6-2)26-23-20-16-13-10-7-3;1-5(2,3)4/h2*5-27H2,1-4H3;(H2,1,2,3,4)/q2*+1;/p-2. The van der Waals surface area contributed by atoms with Gasteiger partial charge in [0.25, 0.3) is 0 Å². The zero-order valence-electron chi connectivity index (χ0n) is 43.5. The average molecular weight is 890 g/mol. The first-order valence-corrected chi connectivity index (χ1v) is 29.0. The van der Waals surface area contributed by atoms with Gasteiger partial charge in [0.15, 0.2) is 0 Å². The topological polar surface area (TPSA) is 80.3 Å². The fraction of sp³-hybridized carbons (Fsp3) is 1.00. The largest absolute Gasteiger partial charge is 0.759 e. The van der Waals surface area contributed by atoms with E-state index in [0.717, 1.165) is 0 Å². The summed E-state index contributed by atoms with van der Waals surface area (Å²) in [5.41, 5.74) is 0. The summed E-state index contributed by atoms with van der Waals surface area (Å²) >= 11 is 0. The lowest BCUT2D eigenvalue weighted by Gasteiger charge is -2.35. The van der Waals surface area contributed by atoms with Crippen LogP contribution in [0.5, 0.6) is 0 Å². The molecule has 0 heterocycles. The van der Waals surface area contributed by atoms with Gasteiger partial charge in [0, 0.05) is 10.4 Å². The molecule has 0 saturated heterocycles. The van der Waals surface area contributed by atoms with Gasteiger partial charge in [-0.3, -0.25) is 8.42 Å². The maximum absolute atomic E-state index is 8.52. The summed E-state index contributed by atoms with van der Waals surface area (Å²) in [6.45, 7) is 22.5. The minimum atomic E-state index is -5.17. The highest BCUT2D eigenvalue weighted by Gasteiger charge is 2.21. The van der Waals surface area contributed by atoms with Gasteiger partial charge in [-0.2, -0.15) is 0 Å². The summed E-state index contributed by atoms with van der Waals surface area (Å²) in [5, 5.41) is 0. The molecule has 0 aromatic rings. The minimum absolute atomic E-state index is 1.36. The van der Waals surface area contributed by atoms with Crippen LogP contribution in [-0.2, 0) is 10.4 Å². The second-order valence-electron chi connectivity index (χ2n) is 20.0. The maximum Gasteiger partial charge on any atom is 0.0784 e. The first kappa shape index (κ1) is 65.1. The van der Waals surface area contributed by atoms with E-state index >= 15 is 0 Å². The molecule has 6 nitrogen and oxygen atoms in total. The summed E-state index contributed by atoms with van der Waals surface area (Å²) in [5.74, 6) is 0. The Morgan fingerprint density at radius 1 is 0.246 bits per heavy atom. The zero-order valence-corrected chi connectivity index (χ0v) is 44.3. The van der Waals surface area contributed by atoms with E-state index in [1.54, 1.807) is 0 Å². The third-order valence-corrected chi connectivity index (χ3v) is 13.3. The highest BCUT2D eigenvalue weighted by Crippen LogP contribution is 2.18. The number of rotatable bonds is 46. The second-order valence-corrected chi connectivity index (χ2v) is 20.8. The van der Waals surface area contributed by atoms with Gasteiger partial charge in [-0.15, -0.1) is 0 Å². The third kappa shape index (κ3) is 59.8. The Morgan fingerprint density at radius 3 is 0.459 bits per heavy atom. The van der Waals surface area contributed by atoms with Gasteiger partial charge in [0.1, 0.15) is 0 Å². The van der Waals surface area contributed by atoms with E-state index in [1.807, 2.05) is 0 Å². The molecule has 0 unspecified atom stereocenters. The fourth-order valence-electron chi connectivity index (χ4n) is 9.02. The summed E-state index contributed by atoms with van der Waals surface area (Å²) in [6.07, 6.45) is 57.7. The second kappa shape index (κ2) is 50.8. The molecule has 0 atom stereocenters. The van der Waals surface area contributed by atoms with E-state index in [0.29, 0.717) is 0 Å².